The average molecular weight is 354 g/mol. The van der Waals surface area contributed by atoms with Crippen LogP contribution in [0.1, 0.15) is 26.7 Å². The van der Waals surface area contributed by atoms with Crippen LogP contribution in [0.2, 0.25) is 0 Å². The van der Waals surface area contributed by atoms with E-state index in [-0.39, 0.29) is 22.8 Å². The molecule has 1 amide bonds. The van der Waals surface area contributed by atoms with Crippen LogP contribution in [0.3, 0.4) is 0 Å². The summed E-state index contributed by atoms with van der Waals surface area (Å²) in [5.74, 6) is -1.47. The Balaban J connectivity index is 1.97. The lowest BCUT2D eigenvalue weighted by atomic mass is 10.1. The zero-order valence-corrected chi connectivity index (χ0v) is 14.5. The van der Waals surface area contributed by atoms with Gasteiger partial charge >= 0.3 is 5.97 Å². The summed E-state index contributed by atoms with van der Waals surface area (Å²) in [5, 5.41) is 2.70. The maximum Gasteiger partial charge on any atom is 0.324 e. The Morgan fingerprint density at radius 1 is 1.21 bits per heavy atom. The van der Waals surface area contributed by atoms with Crippen LogP contribution in [0, 0.1) is 5.92 Å². The van der Waals surface area contributed by atoms with Crippen molar-refractivity contribution >= 4 is 21.9 Å². The van der Waals surface area contributed by atoms with Gasteiger partial charge in [-0.3, -0.25) is 9.59 Å². The number of ether oxygens (including phenoxy) is 1. The smallest absolute Gasteiger partial charge is 0.324 e. The minimum Gasteiger partial charge on any atom is -0.454 e. The van der Waals surface area contributed by atoms with Crippen molar-refractivity contribution in [3.8, 4) is 0 Å². The molecule has 0 spiro atoms. The van der Waals surface area contributed by atoms with Crippen LogP contribution in [0.25, 0.3) is 0 Å². The fourth-order valence-electron chi connectivity index (χ4n) is 2.01. The molecule has 0 radical (unpaired) electrons. The van der Waals surface area contributed by atoms with E-state index in [0.29, 0.717) is 0 Å². The van der Waals surface area contributed by atoms with Gasteiger partial charge in [-0.1, -0.05) is 32.0 Å². The first-order chi connectivity index (χ1) is 11.3. The highest BCUT2D eigenvalue weighted by Crippen LogP contribution is 2.18. The Labute approximate surface area is 141 Å². The Morgan fingerprint density at radius 2 is 1.83 bits per heavy atom. The van der Waals surface area contributed by atoms with Crippen molar-refractivity contribution in [1.29, 1.82) is 0 Å². The van der Waals surface area contributed by atoms with Gasteiger partial charge in [0.2, 0.25) is 10.0 Å². The van der Waals surface area contributed by atoms with E-state index in [0.717, 1.165) is 12.8 Å². The van der Waals surface area contributed by atoms with E-state index >= 15 is 0 Å². The molecule has 1 aromatic rings. The quantitative estimate of drug-likeness (QED) is 0.673. The van der Waals surface area contributed by atoms with Crippen LogP contribution in [0.15, 0.2) is 35.2 Å². The fraction of sp³-hybridized carbons (Fsp3) is 0.500. The summed E-state index contributed by atoms with van der Waals surface area (Å²) in [4.78, 5) is 23.8. The lowest BCUT2D eigenvalue weighted by Gasteiger charge is -2.20. The normalized spacial score (nSPS) is 15.8. The molecule has 2 rings (SSSR count). The molecular weight excluding hydrogens is 332 g/mol. The van der Waals surface area contributed by atoms with Crippen molar-refractivity contribution in [1.82, 2.24) is 10.0 Å². The van der Waals surface area contributed by atoms with Gasteiger partial charge in [-0.05, 0) is 30.9 Å². The largest absolute Gasteiger partial charge is 0.454 e. The number of sulfonamides is 1. The van der Waals surface area contributed by atoms with E-state index in [1.165, 1.54) is 12.1 Å². The third kappa shape index (κ3) is 5.31. The van der Waals surface area contributed by atoms with E-state index in [4.69, 9.17) is 4.74 Å². The molecule has 0 heterocycles. The van der Waals surface area contributed by atoms with E-state index in [2.05, 4.69) is 10.0 Å². The van der Waals surface area contributed by atoms with Crippen molar-refractivity contribution in [2.75, 3.05) is 6.61 Å². The van der Waals surface area contributed by atoms with Crippen molar-refractivity contribution < 1.29 is 22.7 Å². The summed E-state index contributed by atoms with van der Waals surface area (Å²) in [6.45, 7) is 2.99. The first-order valence-electron chi connectivity index (χ1n) is 7.83. The van der Waals surface area contributed by atoms with Gasteiger partial charge in [0.05, 0.1) is 4.90 Å². The predicted molar refractivity (Wildman–Crippen MR) is 87.5 cm³/mol. The molecule has 0 saturated heterocycles. The lowest BCUT2D eigenvalue weighted by molar-refractivity contribution is -0.151. The van der Waals surface area contributed by atoms with Gasteiger partial charge in [-0.15, -0.1) is 0 Å². The average Bonchev–Trinajstić information content (AvgIpc) is 3.35. The van der Waals surface area contributed by atoms with Crippen molar-refractivity contribution in [3.05, 3.63) is 30.3 Å². The van der Waals surface area contributed by atoms with Crippen molar-refractivity contribution in [3.63, 3.8) is 0 Å². The monoisotopic (exact) mass is 354 g/mol. The number of rotatable bonds is 8. The van der Waals surface area contributed by atoms with Gasteiger partial charge in [-0.25, -0.2) is 8.42 Å². The molecule has 0 aliphatic heterocycles. The zero-order chi connectivity index (χ0) is 17.7. The number of benzene rings is 1. The Kier molecular flexibility index (Phi) is 5.95. The Hall–Kier alpha value is -1.93. The molecule has 1 saturated carbocycles. The summed E-state index contributed by atoms with van der Waals surface area (Å²) >= 11 is 0. The van der Waals surface area contributed by atoms with Gasteiger partial charge in [0.25, 0.3) is 5.91 Å². The molecule has 2 N–H and O–H groups in total. The molecule has 7 nitrogen and oxygen atoms in total. The lowest BCUT2D eigenvalue weighted by Crippen LogP contribution is -2.46. The molecule has 1 fully saturated rings. The molecule has 1 unspecified atom stereocenters. The fourth-order valence-corrected chi connectivity index (χ4v) is 3.37. The topological polar surface area (TPSA) is 102 Å². The van der Waals surface area contributed by atoms with E-state index in [9.17, 15) is 18.0 Å². The third-order valence-electron chi connectivity index (χ3n) is 3.54. The number of carbonyl (C=O) groups excluding carboxylic acids is 2. The van der Waals surface area contributed by atoms with Crippen LogP contribution < -0.4 is 10.0 Å². The van der Waals surface area contributed by atoms with E-state index < -0.39 is 28.6 Å². The van der Waals surface area contributed by atoms with Crippen molar-refractivity contribution in [2.24, 2.45) is 5.92 Å². The summed E-state index contributed by atoms with van der Waals surface area (Å²) in [6.07, 6.45) is 1.87. The molecule has 1 aromatic carbocycles. The first-order valence-corrected chi connectivity index (χ1v) is 9.31. The number of esters is 1. The highest BCUT2D eigenvalue weighted by atomic mass is 32.2. The second-order valence-electron chi connectivity index (χ2n) is 6.11. The molecule has 1 aliphatic carbocycles. The highest BCUT2D eigenvalue weighted by Gasteiger charge is 2.30. The van der Waals surface area contributed by atoms with Gasteiger partial charge in [0, 0.05) is 6.04 Å². The summed E-state index contributed by atoms with van der Waals surface area (Å²) in [5.41, 5.74) is 0. The predicted octanol–water partition coefficient (Wildman–Crippen LogP) is 0.811. The van der Waals surface area contributed by atoms with Gasteiger partial charge in [-0.2, -0.15) is 4.72 Å². The second-order valence-corrected chi connectivity index (χ2v) is 7.82. The Bertz CT molecular complexity index is 684. The second kappa shape index (κ2) is 7.76. The van der Waals surface area contributed by atoms with Crippen molar-refractivity contribution in [2.45, 2.75) is 43.7 Å². The number of hydrogen-bond acceptors (Lipinski definition) is 5. The molecule has 132 valence electrons. The van der Waals surface area contributed by atoms with E-state index in [1.807, 2.05) is 0 Å². The van der Waals surface area contributed by atoms with E-state index in [1.54, 1.807) is 32.0 Å². The number of carbonyl (C=O) groups is 2. The minimum absolute atomic E-state index is 0.0647. The van der Waals surface area contributed by atoms with Gasteiger partial charge in [0.1, 0.15) is 6.04 Å². The van der Waals surface area contributed by atoms with Crippen LogP contribution >= 0.6 is 0 Å². The standard InChI is InChI=1S/C16H22N2O5S/c1-11(2)15(16(20)23-10-14(19)17-12-8-9-12)18-24(21,22)13-6-4-3-5-7-13/h3-7,11-12,15,18H,8-10H2,1-2H3,(H,17,19). The molecular formula is C16H22N2O5S. The molecule has 0 aromatic heterocycles. The maximum atomic E-state index is 12.3. The molecule has 8 heteroatoms. The highest BCUT2D eigenvalue weighted by molar-refractivity contribution is 7.89. The van der Waals surface area contributed by atoms with Gasteiger partial charge < -0.3 is 10.1 Å². The molecule has 24 heavy (non-hydrogen) atoms. The van der Waals surface area contributed by atoms with Crippen LogP contribution in [-0.2, 0) is 24.3 Å². The summed E-state index contributed by atoms with van der Waals surface area (Å²) in [7, 11) is -3.85. The Morgan fingerprint density at radius 3 is 2.38 bits per heavy atom. The number of hydrogen-bond donors (Lipinski definition) is 2. The third-order valence-corrected chi connectivity index (χ3v) is 5.00. The SMILES string of the molecule is CC(C)C(NS(=O)(=O)c1ccccc1)C(=O)OCC(=O)NC1CC1. The molecule has 0 bridgehead atoms. The van der Waals surface area contributed by atoms with Crippen LogP contribution in [0.5, 0.6) is 0 Å². The molecule has 1 aliphatic rings. The number of nitrogens with one attached hydrogen (secondary N) is 2. The zero-order valence-electron chi connectivity index (χ0n) is 13.7. The van der Waals surface area contributed by atoms with Gasteiger partial charge in [0.15, 0.2) is 6.61 Å². The molecule has 1 atom stereocenters. The first kappa shape index (κ1) is 18.4. The van der Waals surface area contributed by atoms with Crippen LogP contribution in [-0.4, -0.2) is 39.0 Å². The summed E-state index contributed by atoms with van der Waals surface area (Å²) in [6, 6.07) is 6.88. The maximum absolute atomic E-state index is 12.3. The van der Waals surface area contributed by atoms with Crippen LogP contribution in [0.4, 0.5) is 0 Å². The minimum atomic E-state index is -3.85. The number of amides is 1. The summed E-state index contributed by atoms with van der Waals surface area (Å²) < 4.78 is 32.0.